The number of carbonyl (C=O) groups excluding carboxylic acids is 1. The minimum absolute atomic E-state index is 0.212. The van der Waals surface area contributed by atoms with E-state index in [2.05, 4.69) is 29.2 Å². The van der Waals surface area contributed by atoms with Crippen LogP contribution in [0.5, 0.6) is 0 Å². The van der Waals surface area contributed by atoms with Gasteiger partial charge in [-0.3, -0.25) is 14.7 Å². The van der Waals surface area contributed by atoms with Crippen LogP contribution in [0.1, 0.15) is 134 Å². The van der Waals surface area contributed by atoms with Gasteiger partial charge in [0.05, 0.1) is 12.6 Å². The van der Waals surface area contributed by atoms with Crippen molar-refractivity contribution < 1.29 is 4.79 Å². The highest BCUT2D eigenvalue weighted by atomic mass is 31.1. The minimum atomic E-state index is -0.229. The Bertz CT molecular complexity index is 933. The average Bonchev–Trinajstić information content (AvgIpc) is 3.44. The molecule has 0 aromatic heterocycles. The summed E-state index contributed by atoms with van der Waals surface area (Å²) in [6, 6.07) is 9.65. The van der Waals surface area contributed by atoms with Crippen molar-refractivity contribution in [3.63, 3.8) is 0 Å². The van der Waals surface area contributed by atoms with E-state index in [9.17, 15) is 4.79 Å². The van der Waals surface area contributed by atoms with Gasteiger partial charge in [0.25, 0.3) is 0 Å². The number of nitrogens with zero attached hydrogens (tertiary/aromatic N) is 2. The number of amides is 1. The maximum absolute atomic E-state index is 14.4. The summed E-state index contributed by atoms with van der Waals surface area (Å²) in [6.45, 7) is 0.831. The summed E-state index contributed by atoms with van der Waals surface area (Å²) in [5, 5.41) is 1.60. The van der Waals surface area contributed by atoms with E-state index in [0.29, 0.717) is 17.9 Å². The van der Waals surface area contributed by atoms with Crippen LogP contribution in [0.25, 0.3) is 0 Å². The number of carbonyl (C=O) groups is 1. The second kappa shape index (κ2) is 13.0. The van der Waals surface area contributed by atoms with Gasteiger partial charge < -0.3 is 0 Å². The molecule has 1 aromatic carbocycles. The van der Waals surface area contributed by atoms with Crippen molar-refractivity contribution in [2.45, 2.75) is 146 Å². The topological polar surface area (TPSA) is 32.7 Å². The molecule has 1 heterocycles. The van der Waals surface area contributed by atoms with Crippen molar-refractivity contribution in [2.24, 2.45) is 16.8 Å². The number of aliphatic imine (C=N–C) groups is 1. The number of benzene rings is 1. The van der Waals surface area contributed by atoms with E-state index in [4.69, 9.17) is 4.99 Å². The van der Waals surface area contributed by atoms with E-state index in [1.54, 1.807) is 5.30 Å². The summed E-state index contributed by atoms with van der Waals surface area (Å²) < 4.78 is 0. The van der Waals surface area contributed by atoms with Crippen LogP contribution in [0.2, 0.25) is 0 Å². The maximum atomic E-state index is 14.4. The molecule has 1 aromatic rings. The average molecular weight is 535 g/mol. The molecular formula is C34H51N2OP. The predicted octanol–water partition coefficient (Wildman–Crippen LogP) is 8.58. The molecule has 0 bridgehead atoms. The zero-order valence-corrected chi connectivity index (χ0v) is 24.7. The lowest BCUT2D eigenvalue weighted by atomic mass is 9.82. The summed E-state index contributed by atoms with van der Waals surface area (Å²) in [5.41, 5.74) is 3.07. The van der Waals surface area contributed by atoms with Crippen molar-refractivity contribution in [1.82, 2.24) is 4.90 Å². The first-order valence-corrected chi connectivity index (χ1v) is 18.0. The van der Waals surface area contributed by atoms with E-state index in [1.807, 2.05) is 0 Å². The molecule has 0 spiro atoms. The first-order chi connectivity index (χ1) is 18.8. The Morgan fingerprint density at radius 1 is 0.684 bits per heavy atom. The summed E-state index contributed by atoms with van der Waals surface area (Å²) in [6.07, 6.45) is 26.6. The second-order valence-electron chi connectivity index (χ2n) is 13.2. The summed E-state index contributed by atoms with van der Waals surface area (Å²) in [5.74, 6) is 2.34. The van der Waals surface area contributed by atoms with Gasteiger partial charge >= 0.3 is 0 Å². The lowest BCUT2D eigenvalue weighted by Crippen LogP contribution is -2.49. The Morgan fingerprint density at radius 3 is 1.82 bits per heavy atom. The highest BCUT2D eigenvalue weighted by molar-refractivity contribution is 7.67. The van der Waals surface area contributed by atoms with Crippen LogP contribution in [0.3, 0.4) is 0 Å². The Morgan fingerprint density at radius 2 is 1.21 bits per heavy atom. The lowest BCUT2D eigenvalue weighted by molar-refractivity contribution is -0.134. The van der Waals surface area contributed by atoms with Crippen LogP contribution in [-0.2, 0) is 4.79 Å². The summed E-state index contributed by atoms with van der Waals surface area (Å²) >= 11 is 0. The molecule has 1 atom stereocenters. The molecule has 5 aliphatic rings. The molecule has 3 nitrogen and oxygen atoms in total. The number of hydrogen-bond acceptors (Lipinski definition) is 2. The molecule has 4 heteroatoms. The Hall–Kier alpha value is -1.21. The van der Waals surface area contributed by atoms with Crippen LogP contribution in [0.4, 0.5) is 0 Å². The minimum Gasteiger partial charge on any atom is -0.291 e. The fourth-order valence-corrected chi connectivity index (χ4v) is 12.6. The molecule has 208 valence electrons. The third kappa shape index (κ3) is 5.80. The summed E-state index contributed by atoms with van der Waals surface area (Å²) in [7, 11) is -0.229. The molecule has 38 heavy (non-hydrogen) atoms. The zero-order valence-electron chi connectivity index (χ0n) is 23.8. The Kier molecular flexibility index (Phi) is 9.21. The molecule has 4 aliphatic carbocycles. The van der Waals surface area contributed by atoms with E-state index in [-0.39, 0.29) is 13.8 Å². The van der Waals surface area contributed by atoms with Crippen molar-refractivity contribution in [3.05, 3.63) is 29.8 Å². The van der Waals surface area contributed by atoms with Crippen LogP contribution < -0.4 is 5.30 Å². The normalized spacial score (nSPS) is 27.1. The SMILES string of the molecule is O=C(C1CCCCC1)N1C(c2ccccc2P(C2CCCCC2)C2CCCCC2)=NC[C@H]1C1CCCCC1. The molecule has 0 unspecified atom stereocenters. The van der Waals surface area contributed by atoms with Crippen molar-refractivity contribution in [1.29, 1.82) is 0 Å². The molecule has 6 rings (SSSR count). The van der Waals surface area contributed by atoms with Gasteiger partial charge in [0.1, 0.15) is 5.84 Å². The lowest BCUT2D eigenvalue weighted by Gasteiger charge is -2.41. The van der Waals surface area contributed by atoms with Gasteiger partial charge in [-0.15, -0.1) is 0 Å². The molecule has 4 saturated carbocycles. The van der Waals surface area contributed by atoms with Crippen LogP contribution in [0.15, 0.2) is 29.3 Å². The van der Waals surface area contributed by atoms with Crippen molar-refractivity contribution in [3.8, 4) is 0 Å². The number of amidine groups is 1. The maximum Gasteiger partial charge on any atom is 0.231 e. The number of rotatable bonds is 6. The molecule has 0 saturated heterocycles. The predicted molar refractivity (Wildman–Crippen MR) is 162 cm³/mol. The highest BCUT2D eigenvalue weighted by Crippen LogP contribution is 2.55. The third-order valence-electron chi connectivity index (χ3n) is 10.7. The van der Waals surface area contributed by atoms with Crippen LogP contribution in [-0.4, -0.2) is 40.5 Å². The van der Waals surface area contributed by atoms with Crippen molar-refractivity contribution in [2.75, 3.05) is 6.54 Å². The van der Waals surface area contributed by atoms with Crippen LogP contribution in [0, 0.1) is 11.8 Å². The third-order valence-corrected chi connectivity index (χ3v) is 14.3. The first kappa shape index (κ1) is 27.0. The largest absolute Gasteiger partial charge is 0.291 e. The van der Waals surface area contributed by atoms with Gasteiger partial charge in [-0.05, 0) is 73.9 Å². The molecule has 0 radical (unpaired) electrons. The fourth-order valence-electron chi connectivity index (χ4n) is 8.70. The molecule has 4 fully saturated rings. The summed E-state index contributed by atoms with van der Waals surface area (Å²) in [4.78, 5) is 22.0. The van der Waals surface area contributed by atoms with Gasteiger partial charge in [-0.25, -0.2) is 0 Å². The van der Waals surface area contributed by atoms with Crippen LogP contribution >= 0.6 is 7.92 Å². The molecule has 1 amide bonds. The van der Waals surface area contributed by atoms with E-state index >= 15 is 0 Å². The second-order valence-corrected chi connectivity index (χ2v) is 15.9. The Labute approximate surface area is 233 Å². The number of hydrogen-bond donors (Lipinski definition) is 0. The molecule has 0 N–H and O–H groups in total. The van der Waals surface area contributed by atoms with Gasteiger partial charge in [0.15, 0.2) is 0 Å². The monoisotopic (exact) mass is 534 g/mol. The highest BCUT2D eigenvalue weighted by Gasteiger charge is 2.43. The first-order valence-electron chi connectivity index (χ1n) is 16.6. The van der Waals surface area contributed by atoms with E-state index in [0.717, 1.165) is 36.5 Å². The Balaban J connectivity index is 1.36. The van der Waals surface area contributed by atoms with Gasteiger partial charge in [0, 0.05) is 11.5 Å². The molecule has 1 aliphatic heterocycles. The van der Waals surface area contributed by atoms with E-state index in [1.165, 1.54) is 121 Å². The zero-order chi connectivity index (χ0) is 25.7. The van der Waals surface area contributed by atoms with Gasteiger partial charge in [-0.1, -0.05) is 109 Å². The molecular weight excluding hydrogens is 483 g/mol. The smallest absolute Gasteiger partial charge is 0.231 e. The fraction of sp³-hybridized carbons (Fsp3) is 0.765. The van der Waals surface area contributed by atoms with Gasteiger partial charge in [-0.2, -0.15) is 0 Å². The van der Waals surface area contributed by atoms with Crippen molar-refractivity contribution >= 4 is 25.0 Å². The quantitative estimate of drug-likeness (QED) is 0.336. The standard InChI is InChI=1S/C34H51N2OP/c37-34(27-17-7-2-8-18-27)36-31(26-15-5-1-6-16-26)25-35-33(36)30-23-13-14-24-32(30)38(28-19-9-3-10-20-28)29-21-11-4-12-22-29/h13-14,23-24,26-29,31H,1-12,15-22,25H2/t31-/m0/s1. The van der Waals surface area contributed by atoms with E-state index < -0.39 is 0 Å². The van der Waals surface area contributed by atoms with Gasteiger partial charge in [0.2, 0.25) is 5.91 Å².